The van der Waals surface area contributed by atoms with Gasteiger partial charge in [0.2, 0.25) is 0 Å². The first kappa shape index (κ1) is 11.9. The molecule has 0 radical (unpaired) electrons. The Kier molecular flexibility index (Phi) is 8.95. The van der Waals surface area contributed by atoms with Gasteiger partial charge in [0, 0.05) is 13.2 Å². The fourth-order valence-electron chi connectivity index (χ4n) is 1.29. The number of hydrogen-bond donors (Lipinski definition) is 1. The predicted molar refractivity (Wildman–Crippen MR) is 53.4 cm³/mol. The van der Waals surface area contributed by atoms with Crippen molar-refractivity contribution in [2.24, 2.45) is 5.92 Å². The molecule has 1 N–H and O–H groups in total. The number of hydrogen-bond acceptors (Lipinski definition) is 2. The van der Waals surface area contributed by atoms with Crippen LogP contribution in [0.15, 0.2) is 0 Å². The first-order valence-electron chi connectivity index (χ1n) is 5.03. The van der Waals surface area contributed by atoms with E-state index < -0.39 is 0 Å². The van der Waals surface area contributed by atoms with Crippen molar-refractivity contribution >= 4 is 0 Å². The van der Waals surface area contributed by atoms with Crippen molar-refractivity contribution in [1.82, 2.24) is 5.32 Å². The van der Waals surface area contributed by atoms with E-state index in [2.05, 4.69) is 12.2 Å². The summed E-state index contributed by atoms with van der Waals surface area (Å²) in [6.07, 6.45) is 3.82. The minimum absolute atomic E-state index is 0.802. The van der Waals surface area contributed by atoms with Gasteiger partial charge in [-0.1, -0.05) is 13.3 Å². The summed E-state index contributed by atoms with van der Waals surface area (Å²) in [4.78, 5) is 0. The van der Waals surface area contributed by atoms with Crippen LogP contribution in [0.1, 0.15) is 33.1 Å². The molecule has 0 aliphatic carbocycles. The van der Waals surface area contributed by atoms with Crippen molar-refractivity contribution in [3.8, 4) is 0 Å². The molecule has 0 aliphatic heterocycles. The maximum Gasteiger partial charge on any atom is 0.0465 e. The molecule has 0 heterocycles. The van der Waals surface area contributed by atoms with Gasteiger partial charge >= 0.3 is 0 Å². The highest BCUT2D eigenvalue weighted by Crippen LogP contribution is 2.06. The van der Waals surface area contributed by atoms with Crippen molar-refractivity contribution in [3.63, 3.8) is 0 Å². The maximum absolute atomic E-state index is 5.26. The van der Waals surface area contributed by atoms with E-state index in [1.807, 2.05) is 14.0 Å². The molecule has 0 aliphatic rings. The molecule has 0 amide bonds. The minimum atomic E-state index is 0.802. The molecule has 74 valence electrons. The summed E-state index contributed by atoms with van der Waals surface area (Å²) in [6, 6.07) is 0. The van der Waals surface area contributed by atoms with E-state index in [0.29, 0.717) is 0 Å². The van der Waals surface area contributed by atoms with E-state index in [4.69, 9.17) is 4.74 Å². The standard InChI is InChI=1S/C10H23NO/c1-4-12-8-6-5-7-10(2)9-11-3/h10-11H,4-9H2,1-3H3. The molecule has 0 saturated carbocycles. The first-order valence-corrected chi connectivity index (χ1v) is 5.03. The molecule has 2 nitrogen and oxygen atoms in total. The molecule has 0 saturated heterocycles. The topological polar surface area (TPSA) is 21.3 Å². The van der Waals surface area contributed by atoms with Crippen molar-refractivity contribution in [2.75, 3.05) is 26.8 Å². The van der Waals surface area contributed by atoms with Gasteiger partial charge in [0.15, 0.2) is 0 Å². The van der Waals surface area contributed by atoms with E-state index in [0.717, 1.165) is 25.7 Å². The number of rotatable bonds is 8. The highest BCUT2D eigenvalue weighted by molar-refractivity contribution is 4.54. The van der Waals surface area contributed by atoms with Gasteiger partial charge in [0.1, 0.15) is 0 Å². The molecule has 0 fully saturated rings. The molecule has 0 aromatic heterocycles. The van der Waals surface area contributed by atoms with E-state index in [9.17, 15) is 0 Å². The molecule has 12 heavy (non-hydrogen) atoms. The Labute approximate surface area is 76.7 Å². The second-order valence-corrected chi connectivity index (χ2v) is 3.36. The first-order chi connectivity index (χ1) is 5.81. The summed E-state index contributed by atoms with van der Waals surface area (Å²) in [6.45, 7) is 7.25. The number of unbranched alkanes of at least 4 members (excludes halogenated alkanes) is 1. The van der Waals surface area contributed by atoms with Gasteiger partial charge in [-0.05, 0) is 39.3 Å². The van der Waals surface area contributed by atoms with Gasteiger partial charge in [-0.2, -0.15) is 0 Å². The summed E-state index contributed by atoms with van der Waals surface area (Å²) in [5.74, 6) is 0.802. The van der Waals surface area contributed by atoms with Crippen LogP contribution in [-0.4, -0.2) is 26.8 Å². The van der Waals surface area contributed by atoms with Crippen molar-refractivity contribution in [3.05, 3.63) is 0 Å². The smallest absolute Gasteiger partial charge is 0.0465 e. The van der Waals surface area contributed by atoms with Crippen molar-refractivity contribution < 1.29 is 4.74 Å². The number of nitrogens with one attached hydrogen (secondary N) is 1. The molecule has 1 atom stereocenters. The van der Waals surface area contributed by atoms with Crippen LogP contribution in [0, 0.1) is 5.92 Å². The van der Waals surface area contributed by atoms with Crippen LogP contribution in [0.2, 0.25) is 0 Å². The average Bonchev–Trinajstić information content (AvgIpc) is 2.05. The zero-order valence-corrected chi connectivity index (χ0v) is 8.73. The lowest BCUT2D eigenvalue weighted by Crippen LogP contribution is -2.16. The van der Waals surface area contributed by atoms with Gasteiger partial charge in [0.25, 0.3) is 0 Å². The van der Waals surface area contributed by atoms with Crippen molar-refractivity contribution in [1.29, 1.82) is 0 Å². The van der Waals surface area contributed by atoms with E-state index in [-0.39, 0.29) is 0 Å². The Morgan fingerprint density at radius 3 is 2.67 bits per heavy atom. The Morgan fingerprint density at radius 1 is 1.33 bits per heavy atom. The SMILES string of the molecule is CCOCCCCC(C)CNC. The quantitative estimate of drug-likeness (QED) is 0.567. The van der Waals surface area contributed by atoms with Gasteiger partial charge in [-0.15, -0.1) is 0 Å². The lowest BCUT2D eigenvalue weighted by atomic mass is 10.0. The van der Waals surface area contributed by atoms with Crippen LogP contribution >= 0.6 is 0 Å². The minimum Gasteiger partial charge on any atom is -0.382 e. The average molecular weight is 173 g/mol. The molecule has 2 heteroatoms. The van der Waals surface area contributed by atoms with Gasteiger partial charge in [0.05, 0.1) is 0 Å². The van der Waals surface area contributed by atoms with Gasteiger partial charge in [-0.25, -0.2) is 0 Å². The van der Waals surface area contributed by atoms with Crippen LogP contribution < -0.4 is 5.32 Å². The Bertz CT molecular complexity index is 85.9. The third-order valence-corrected chi connectivity index (χ3v) is 1.99. The third kappa shape index (κ3) is 8.02. The fraction of sp³-hybridized carbons (Fsp3) is 1.00. The van der Waals surface area contributed by atoms with Crippen molar-refractivity contribution in [2.45, 2.75) is 33.1 Å². The largest absolute Gasteiger partial charge is 0.382 e. The summed E-state index contributed by atoms with van der Waals surface area (Å²) < 4.78 is 5.26. The Hall–Kier alpha value is -0.0800. The summed E-state index contributed by atoms with van der Waals surface area (Å²) in [5, 5.41) is 3.19. The van der Waals surface area contributed by atoms with E-state index in [1.165, 1.54) is 19.3 Å². The molecule has 0 aromatic rings. The summed E-state index contributed by atoms with van der Waals surface area (Å²) >= 11 is 0. The summed E-state index contributed by atoms with van der Waals surface area (Å²) in [5.41, 5.74) is 0. The van der Waals surface area contributed by atoms with E-state index >= 15 is 0 Å². The Morgan fingerprint density at radius 2 is 2.08 bits per heavy atom. The Balaban J connectivity index is 2.97. The zero-order chi connectivity index (χ0) is 9.23. The lowest BCUT2D eigenvalue weighted by Gasteiger charge is -2.09. The van der Waals surface area contributed by atoms with Crippen LogP contribution in [0.4, 0.5) is 0 Å². The molecule has 0 spiro atoms. The monoisotopic (exact) mass is 173 g/mol. The predicted octanol–water partition coefficient (Wildman–Crippen LogP) is 2.05. The molecule has 0 aromatic carbocycles. The zero-order valence-electron chi connectivity index (χ0n) is 8.73. The van der Waals surface area contributed by atoms with Gasteiger partial charge in [-0.3, -0.25) is 0 Å². The lowest BCUT2D eigenvalue weighted by molar-refractivity contribution is 0.142. The van der Waals surface area contributed by atoms with Crippen LogP contribution in [0.25, 0.3) is 0 Å². The second-order valence-electron chi connectivity index (χ2n) is 3.36. The van der Waals surface area contributed by atoms with Crippen LogP contribution in [-0.2, 0) is 4.74 Å². The summed E-state index contributed by atoms with van der Waals surface area (Å²) in [7, 11) is 2.01. The second kappa shape index (κ2) is 9.01. The normalized spacial score (nSPS) is 13.2. The van der Waals surface area contributed by atoms with E-state index in [1.54, 1.807) is 0 Å². The molecule has 0 rings (SSSR count). The van der Waals surface area contributed by atoms with Crippen LogP contribution in [0.5, 0.6) is 0 Å². The molecule has 1 unspecified atom stereocenters. The fourth-order valence-corrected chi connectivity index (χ4v) is 1.29. The molecular weight excluding hydrogens is 150 g/mol. The molecule has 0 bridgehead atoms. The highest BCUT2D eigenvalue weighted by Gasteiger charge is 1.99. The number of ether oxygens (including phenoxy) is 1. The maximum atomic E-state index is 5.26. The third-order valence-electron chi connectivity index (χ3n) is 1.99. The van der Waals surface area contributed by atoms with Crippen LogP contribution in [0.3, 0.4) is 0 Å². The highest BCUT2D eigenvalue weighted by atomic mass is 16.5. The van der Waals surface area contributed by atoms with Gasteiger partial charge < -0.3 is 10.1 Å². The molecular formula is C10H23NO.